The first kappa shape index (κ1) is 13.7. The fraction of sp³-hybridized carbons (Fsp3) is 0.385. The summed E-state index contributed by atoms with van der Waals surface area (Å²) in [5.74, 6) is 0.943. The molecule has 0 atom stereocenters. The van der Waals surface area contributed by atoms with Crippen LogP contribution in [-0.4, -0.2) is 14.8 Å². The van der Waals surface area contributed by atoms with E-state index < -0.39 is 0 Å². The number of anilines is 1. The fourth-order valence-electron chi connectivity index (χ4n) is 1.84. The van der Waals surface area contributed by atoms with Gasteiger partial charge in [-0.2, -0.15) is 5.10 Å². The molecule has 0 bridgehead atoms. The first-order valence-electron chi connectivity index (χ1n) is 6.10. The van der Waals surface area contributed by atoms with Gasteiger partial charge in [-0.15, -0.1) is 0 Å². The van der Waals surface area contributed by atoms with Crippen LogP contribution in [0.4, 0.5) is 5.82 Å². The van der Waals surface area contributed by atoms with Crippen molar-refractivity contribution in [1.29, 1.82) is 0 Å². The Labute approximate surface area is 117 Å². The standard InChI is InChI=1S/C13H17ClN4O/c1-4-18-10(12(14)9(3)17-18)7-19-11-6-5-8(2)16-13(11)15/h5-6H,4,7H2,1-3H3,(H2,15,16). The Morgan fingerprint density at radius 1 is 1.37 bits per heavy atom. The van der Waals surface area contributed by atoms with Crippen molar-refractivity contribution in [1.82, 2.24) is 14.8 Å². The third-order valence-corrected chi connectivity index (χ3v) is 3.33. The van der Waals surface area contributed by atoms with Gasteiger partial charge in [0.25, 0.3) is 0 Å². The number of nitrogens with zero attached hydrogens (tertiary/aromatic N) is 3. The van der Waals surface area contributed by atoms with E-state index in [-0.39, 0.29) is 0 Å². The van der Waals surface area contributed by atoms with E-state index in [4.69, 9.17) is 22.1 Å². The summed E-state index contributed by atoms with van der Waals surface area (Å²) in [6.45, 7) is 6.83. The van der Waals surface area contributed by atoms with E-state index in [2.05, 4.69) is 10.1 Å². The van der Waals surface area contributed by atoms with Crippen LogP contribution in [0.25, 0.3) is 0 Å². The van der Waals surface area contributed by atoms with Crippen molar-refractivity contribution in [2.75, 3.05) is 5.73 Å². The minimum absolute atomic E-state index is 0.322. The maximum Gasteiger partial charge on any atom is 0.166 e. The zero-order valence-corrected chi connectivity index (χ0v) is 12.0. The van der Waals surface area contributed by atoms with E-state index in [9.17, 15) is 0 Å². The number of rotatable bonds is 4. The van der Waals surface area contributed by atoms with Crippen LogP contribution in [0.2, 0.25) is 5.02 Å². The molecule has 0 aliphatic carbocycles. The number of nitrogen functional groups attached to an aromatic ring is 1. The van der Waals surface area contributed by atoms with E-state index in [0.717, 1.165) is 23.6 Å². The van der Waals surface area contributed by atoms with Gasteiger partial charge in [0.2, 0.25) is 0 Å². The van der Waals surface area contributed by atoms with Crippen LogP contribution in [0.5, 0.6) is 5.75 Å². The van der Waals surface area contributed by atoms with Crippen LogP contribution in [0.15, 0.2) is 12.1 Å². The largest absolute Gasteiger partial charge is 0.483 e. The van der Waals surface area contributed by atoms with Crippen LogP contribution < -0.4 is 10.5 Å². The predicted octanol–water partition coefficient (Wildman–Crippen LogP) is 2.73. The second-order valence-corrected chi connectivity index (χ2v) is 4.66. The van der Waals surface area contributed by atoms with Crippen LogP contribution in [0.1, 0.15) is 24.0 Å². The van der Waals surface area contributed by atoms with Crippen molar-refractivity contribution >= 4 is 17.4 Å². The molecule has 0 saturated carbocycles. The molecule has 0 spiro atoms. The Morgan fingerprint density at radius 3 is 2.74 bits per heavy atom. The fourth-order valence-corrected chi connectivity index (χ4v) is 2.03. The number of hydrogen-bond acceptors (Lipinski definition) is 4. The van der Waals surface area contributed by atoms with Crippen molar-refractivity contribution in [3.8, 4) is 5.75 Å². The summed E-state index contributed by atoms with van der Waals surface area (Å²) in [4.78, 5) is 4.15. The maximum atomic E-state index is 6.21. The molecule has 0 amide bonds. The van der Waals surface area contributed by atoms with Crippen LogP contribution >= 0.6 is 11.6 Å². The Balaban J connectivity index is 2.18. The molecule has 2 heterocycles. The minimum atomic E-state index is 0.322. The monoisotopic (exact) mass is 280 g/mol. The lowest BCUT2D eigenvalue weighted by molar-refractivity contribution is 0.293. The zero-order valence-electron chi connectivity index (χ0n) is 11.3. The lowest BCUT2D eigenvalue weighted by Gasteiger charge is -2.10. The normalized spacial score (nSPS) is 10.7. The highest BCUT2D eigenvalue weighted by Gasteiger charge is 2.13. The smallest absolute Gasteiger partial charge is 0.166 e. The Bertz CT molecular complexity index is 595. The first-order valence-corrected chi connectivity index (χ1v) is 6.48. The molecule has 2 rings (SSSR count). The van der Waals surface area contributed by atoms with Gasteiger partial charge in [-0.3, -0.25) is 4.68 Å². The molecule has 2 N–H and O–H groups in total. The van der Waals surface area contributed by atoms with E-state index in [1.807, 2.05) is 37.6 Å². The molecule has 0 fully saturated rings. The highest BCUT2D eigenvalue weighted by Crippen LogP contribution is 2.24. The van der Waals surface area contributed by atoms with Gasteiger partial charge in [0.1, 0.15) is 6.61 Å². The highest BCUT2D eigenvalue weighted by atomic mass is 35.5. The van der Waals surface area contributed by atoms with Crippen molar-refractivity contribution < 1.29 is 4.74 Å². The van der Waals surface area contributed by atoms with Gasteiger partial charge in [0.15, 0.2) is 11.6 Å². The lowest BCUT2D eigenvalue weighted by atomic mass is 10.3. The van der Waals surface area contributed by atoms with Gasteiger partial charge in [0, 0.05) is 12.2 Å². The number of nitrogens with two attached hydrogens (primary N) is 1. The average Bonchev–Trinajstić information content (AvgIpc) is 2.65. The molecule has 0 aliphatic rings. The van der Waals surface area contributed by atoms with Crippen LogP contribution in [0.3, 0.4) is 0 Å². The number of ether oxygens (including phenoxy) is 1. The molecule has 0 saturated heterocycles. The molecule has 102 valence electrons. The summed E-state index contributed by atoms with van der Waals surface area (Å²) in [6.07, 6.45) is 0. The van der Waals surface area contributed by atoms with Gasteiger partial charge in [-0.25, -0.2) is 4.98 Å². The molecule has 5 nitrogen and oxygen atoms in total. The summed E-state index contributed by atoms with van der Waals surface area (Å²) < 4.78 is 7.51. The molecule has 0 aromatic carbocycles. The number of pyridine rings is 1. The number of aromatic nitrogens is 3. The van der Waals surface area contributed by atoms with E-state index >= 15 is 0 Å². The molecule has 0 radical (unpaired) electrons. The van der Waals surface area contributed by atoms with Crippen LogP contribution in [-0.2, 0) is 13.2 Å². The van der Waals surface area contributed by atoms with E-state index in [1.165, 1.54) is 0 Å². The second kappa shape index (κ2) is 5.48. The molecule has 2 aromatic heterocycles. The summed E-state index contributed by atoms with van der Waals surface area (Å²) in [6, 6.07) is 3.67. The summed E-state index contributed by atoms with van der Waals surface area (Å²) in [5.41, 5.74) is 8.32. The van der Waals surface area contributed by atoms with Gasteiger partial charge < -0.3 is 10.5 Å². The molecule has 6 heteroatoms. The minimum Gasteiger partial charge on any atom is -0.483 e. The topological polar surface area (TPSA) is 66.0 Å². The number of halogens is 1. The van der Waals surface area contributed by atoms with Crippen molar-refractivity contribution in [2.45, 2.75) is 33.9 Å². The maximum absolute atomic E-state index is 6.21. The van der Waals surface area contributed by atoms with E-state index in [1.54, 1.807) is 0 Å². The quantitative estimate of drug-likeness (QED) is 0.935. The Kier molecular flexibility index (Phi) is 3.95. The van der Waals surface area contributed by atoms with Crippen molar-refractivity contribution in [3.63, 3.8) is 0 Å². The molecule has 0 aliphatic heterocycles. The summed E-state index contributed by atoms with van der Waals surface area (Å²) in [5, 5.41) is 4.97. The van der Waals surface area contributed by atoms with Gasteiger partial charge in [-0.1, -0.05) is 11.6 Å². The van der Waals surface area contributed by atoms with Gasteiger partial charge >= 0.3 is 0 Å². The van der Waals surface area contributed by atoms with Gasteiger partial charge in [0.05, 0.1) is 16.4 Å². The number of hydrogen-bond donors (Lipinski definition) is 1. The molecule has 0 unspecified atom stereocenters. The zero-order chi connectivity index (χ0) is 14.0. The highest BCUT2D eigenvalue weighted by molar-refractivity contribution is 6.31. The summed E-state index contributed by atoms with van der Waals surface area (Å²) >= 11 is 6.21. The molecule has 2 aromatic rings. The third kappa shape index (κ3) is 2.81. The summed E-state index contributed by atoms with van der Waals surface area (Å²) in [7, 11) is 0. The predicted molar refractivity (Wildman–Crippen MR) is 75.4 cm³/mol. The molecule has 19 heavy (non-hydrogen) atoms. The first-order chi connectivity index (χ1) is 9.02. The third-order valence-electron chi connectivity index (χ3n) is 2.84. The Hall–Kier alpha value is -1.75. The van der Waals surface area contributed by atoms with Crippen molar-refractivity contribution in [2.24, 2.45) is 0 Å². The second-order valence-electron chi connectivity index (χ2n) is 4.29. The number of aryl methyl sites for hydroxylation is 3. The van der Waals surface area contributed by atoms with E-state index in [0.29, 0.717) is 23.2 Å². The van der Waals surface area contributed by atoms with Crippen LogP contribution in [0, 0.1) is 13.8 Å². The molecular formula is C13H17ClN4O. The lowest BCUT2D eigenvalue weighted by Crippen LogP contribution is -2.08. The average molecular weight is 281 g/mol. The SMILES string of the molecule is CCn1nc(C)c(Cl)c1COc1ccc(C)nc1N. The van der Waals surface area contributed by atoms with Gasteiger partial charge in [-0.05, 0) is 32.9 Å². The Morgan fingerprint density at radius 2 is 2.11 bits per heavy atom. The molecular weight excluding hydrogens is 264 g/mol. The van der Waals surface area contributed by atoms with Crippen molar-refractivity contribution in [3.05, 3.63) is 34.2 Å².